The van der Waals surface area contributed by atoms with Crippen LogP contribution in [0.2, 0.25) is 0 Å². The van der Waals surface area contributed by atoms with Crippen LogP contribution >= 0.6 is 11.3 Å². The summed E-state index contributed by atoms with van der Waals surface area (Å²) < 4.78 is 1.89. The van der Waals surface area contributed by atoms with E-state index in [0.29, 0.717) is 0 Å². The Hall–Kier alpha value is -1.68. The van der Waals surface area contributed by atoms with Gasteiger partial charge in [0.15, 0.2) is 0 Å². The van der Waals surface area contributed by atoms with Crippen LogP contribution in [0.5, 0.6) is 0 Å². The summed E-state index contributed by atoms with van der Waals surface area (Å²) in [5.74, 6) is 0. The minimum absolute atomic E-state index is 0.952. The van der Waals surface area contributed by atoms with Gasteiger partial charge in [0.1, 0.15) is 6.33 Å². The van der Waals surface area contributed by atoms with Crippen LogP contribution < -0.4 is 0 Å². The second-order valence-corrected chi connectivity index (χ2v) is 4.81. The molecule has 2 heterocycles. The molecule has 0 bridgehead atoms. The quantitative estimate of drug-likeness (QED) is 0.642. The maximum Gasteiger partial charge on any atom is 0.212 e. The van der Waals surface area contributed by atoms with E-state index in [0.717, 1.165) is 10.7 Å². The number of thiazole rings is 1. The second kappa shape index (κ2) is 3.42. The molecule has 0 radical (unpaired) electrons. The highest BCUT2D eigenvalue weighted by molar-refractivity contribution is 7.20. The van der Waals surface area contributed by atoms with Gasteiger partial charge in [-0.2, -0.15) is 5.10 Å². The van der Waals surface area contributed by atoms with Crippen LogP contribution in [0.15, 0.2) is 30.6 Å². The average molecular weight is 229 g/mol. The normalized spacial score (nSPS) is 11.1. The molecule has 3 aromatic rings. The van der Waals surface area contributed by atoms with Gasteiger partial charge in [-0.1, -0.05) is 41.2 Å². The first-order valence-corrected chi connectivity index (χ1v) is 5.93. The number of benzene rings is 1. The number of aromatic nitrogens is 3. The number of hydrogen-bond donors (Lipinski definition) is 0. The Labute approximate surface area is 97.4 Å². The molecule has 0 saturated heterocycles. The molecular formula is C12H11N3S. The zero-order valence-electron chi connectivity index (χ0n) is 9.14. The van der Waals surface area contributed by atoms with Gasteiger partial charge in [-0.15, -0.1) is 0 Å². The van der Waals surface area contributed by atoms with Gasteiger partial charge >= 0.3 is 0 Å². The lowest BCUT2D eigenvalue weighted by atomic mass is 10.1. The lowest BCUT2D eigenvalue weighted by Crippen LogP contribution is -1.87. The smallest absolute Gasteiger partial charge is 0.208 e. The predicted molar refractivity (Wildman–Crippen MR) is 65.8 cm³/mol. The largest absolute Gasteiger partial charge is 0.212 e. The Morgan fingerprint density at radius 3 is 2.56 bits per heavy atom. The van der Waals surface area contributed by atoms with Gasteiger partial charge in [0, 0.05) is 0 Å². The highest BCUT2D eigenvalue weighted by Crippen LogP contribution is 2.31. The van der Waals surface area contributed by atoms with E-state index in [-0.39, 0.29) is 0 Å². The molecule has 0 atom stereocenters. The molecule has 0 saturated carbocycles. The van der Waals surface area contributed by atoms with Crippen molar-refractivity contribution >= 4 is 16.3 Å². The third kappa shape index (κ3) is 1.34. The molecule has 0 aliphatic carbocycles. The van der Waals surface area contributed by atoms with E-state index in [1.54, 1.807) is 17.7 Å². The topological polar surface area (TPSA) is 30.2 Å². The molecule has 0 aliphatic rings. The second-order valence-electron chi connectivity index (χ2n) is 3.84. The minimum atomic E-state index is 0.952. The summed E-state index contributed by atoms with van der Waals surface area (Å²) in [6.45, 7) is 4.17. The zero-order valence-corrected chi connectivity index (χ0v) is 9.95. The molecule has 16 heavy (non-hydrogen) atoms. The average Bonchev–Trinajstić information content (AvgIpc) is 2.84. The molecule has 0 amide bonds. The van der Waals surface area contributed by atoms with Crippen LogP contribution in [0.1, 0.15) is 11.3 Å². The molecule has 80 valence electrons. The highest BCUT2D eigenvalue weighted by Gasteiger charge is 2.11. The highest BCUT2D eigenvalue weighted by atomic mass is 32.1. The standard InChI is InChI=1S/C12H11N3S/c1-8-3-5-10(6-4-8)11-9(2)15-12(16-11)13-7-14-15/h3-7H,1-2H3. The molecule has 1 aromatic carbocycles. The van der Waals surface area contributed by atoms with Crippen molar-refractivity contribution in [1.29, 1.82) is 0 Å². The minimum Gasteiger partial charge on any atom is -0.208 e. The number of hydrogen-bond acceptors (Lipinski definition) is 3. The van der Waals surface area contributed by atoms with Crippen molar-refractivity contribution < 1.29 is 0 Å². The molecule has 3 nitrogen and oxygen atoms in total. The zero-order chi connectivity index (χ0) is 11.1. The first kappa shape index (κ1) is 9.54. The Kier molecular flexibility index (Phi) is 2.04. The fourth-order valence-corrected chi connectivity index (χ4v) is 2.81. The van der Waals surface area contributed by atoms with Crippen molar-refractivity contribution in [2.24, 2.45) is 0 Å². The fourth-order valence-electron chi connectivity index (χ4n) is 1.76. The number of fused-ring (bicyclic) bond motifs is 1. The van der Waals surface area contributed by atoms with E-state index in [1.165, 1.54) is 16.0 Å². The Morgan fingerprint density at radius 2 is 1.88 bits per heavy atom. The SMILES string of the molecule is Cc1ccc(-c2sc3ncnn3c2C)cc1. The molecule has 0 aliphatic heterocycles. The van der Waals surface area contributed by atoms with Crippen molar-refractivity contribution in [3.8, 4) is 10.4 Å². The van der Waals surface area contributed by atoms with E-state index in [1.807, 2.05) is 4.52 Å². The lowest BCUT2D eigenvalue weighted by molar-refractivity contribution is 0.933. The number of rotatable bonds is 1. The maximum atomic E-state index is 4.21. The van der Waals surface area contributed by atoms with Gasteiger partial charge in [0.25, 0.3) is 0 Å². The van der Waals surface area contributed by atoms with Gasteiger partial charge in [0.2, 0.25) is 4.96 Å². The molecule has 0 spiro atoms. The van der Waals surface area contributed by atoms with Gasteiger partial charge in [-0.05, 0) is 19.4 Å². The molecule has 0 N–H and O–H groups in total. The van der Waals surface area contributed by atoms with Crippen LogP contribution in [0.4, 0.5) is 0 Å². The lowest BCUT2D eigenvalue weighted by Gasteiger charge is -1.99. The maximum absolute atomic E-state index is 4.21. The third-order valence-corrected chi connectivity index (χ3v) is 3.87. The summed E-state index contributed by atoms with van der Waals surface area (Å²) >= 11 is 1.68. The molecule has 2 aromatic heterocycles. The predicted octanol–water partition coefficient (Wildman–Crippen LogP) is 3.07. The van der Waals surface area contributed by atoms with Crippen molar-refractivity contribution in [3.63, 3.8) is 0 Å². The first-order valence-electron chi connectivity index (χ1n) is 5.12. The molecular weight excluding hydrogens is 218 g/mol. The van der Waals surface area contributed by atoms with Crippen LogP contribution in [0, 0.1) is 13.8 Å². The van der Waals surface area contributed by atoms with Gasteiger partial charge in [-0.3, -0.25) is 0 Å². The van der Waals surface area contributed by atoms with Crippen LogP contribution in [0.25, 0.3) is 15.4 Å². The van der Waals surface area contributed by atoms with Crippen LogP contribution in [0.3, 0.4) is 0 Å². The molecule has 4 heteroatoms. The van der Waals surface area contributed by atoms with Crippen molar-refractivity contribution in [1.82, 2.24) is 14.6 Å². The molecule has 0 fully saturated rings. The first-order chi connectivity index (χ1) is 7.75. The Balaban J connectivity index is 2.21. The van der Waals surface area contributed by atoms with Gasteiger partial charge in [-0.25, -0.2) is 9.50 Å². The summed E-state index contributed by atoms with van der Waals surface area (Å²) in [7, 11) is 0. The van der Waals surface area contributed by atoms with E-state index in [4.69, 9.17) is 0 Å². The third-order valence-electron chi connectivity index (χ3n) is 2.67. The van der Waals surface area contributed by atoms with Crippen LogP contribution in [-0.2, 0) is 0 Å². The molecule has 0 unspecified atom stereocenters. The number of aryl methyl sites for hydroxylation is 2. The van der Waals surface area contributed by atoms with E-state index < -0.39 is 0 Å². The van der Waals surface area contributed by atoms with E-state index in [2.05, 4.69) is 48.2 Å². The molecule has 3 rings (SSSR count). The van der Waals surface area contributed by atoms with Crippen molar-refractivity contribution in [3.05, 3.63) is 41.9 Å². The van der Waals surface area contributed by atoms with Gasteiger partial charge in [0.05, 0.1) is 10.6 Å². The van der Waals surface area contributed by atoms with Crippen LogP contribution in [-0.4, -0.2) is 14.6 Å². The van der Waals surface area contributed by atoms with Gasteiger partial charge < -0.3 is 0 Å². The fraction of sp³-hybridized carbons (Fsp3) is 0.167. The van der Waals surface area contributed by atoms with Crippen molar-refractivity contribution in [2.75, 3.05) is 0 Å². The summed E-state index contributed by atoms with van der Waals surface area (Å²) in [4.78, 5) is 6.41. The summed E-state index contributed by atoms with van der Waals surface area (Å²) in [5.41, 5.74) is 3.67. The summed E-state index contributed by atoms with van der Waals surface area (Å²) in [5, 5.41) is 4.20. The Morgan fingerprint density at radius 1 is 1.12 bits per heavy atom. The van der Waals surface area contributed by atoms with E-state index >= 15 is 0 Å². The van der Waals surface area contributed by atoms with E-state index in [9.17, 15) is 0 Å². The van der Waals surface area contributed by atoms with Crippen molar-refractivity contribution in [2.45, 2.75) is 13.8 Å². The summed E-state index contributed by atoms with van der Waals surface area (Å²) in [6, 6.07) is 8.55. The monoisotopic (exact) mass is 229 g/mol. The number of nitrogens with zero attached hydrogens (tertiary/aromatic N) is 3. The summed E-state index contributed by atoms with van der Waals surface area (Å²) in [6.07, 6.45) is 1.59. The Bertz CT molecular complexity index is 634.